The largest absolute Gasteiger partial charge is 0.495 e. The lowest BCUT2D eigenvalue weighted by molar-refractivity contribution is -0.136. The fraction of sp³-hybridized carbons (Fsp3) is 0.400. The number of anilines is 1. The normalized spacial score (nSPS) is 10.1. The van der Waals surface area contributed by atoms with Gasteiger partial charge in [0.05, 0.1) is 19.2 Å². The minimum absolute atomic E-state index is 0.0995. The lowest BCUT2D eigenvalue weighted by Gasteiger charge is -2.21. The topological polar surface area (TPSA) is 61.8 Å². The van der Waals surface area contributed by atoms with Gasteiger partial charge in [0, 0.05) is 26.7 Å². The molecule has 5 nitrogen and oxygen atoms in total. The van der Waals surface area contributed by atoms with Crippen LogP contribution in [0.15, 0.2) is 30.9 Å². The molecule has 0 saturated carbocycles. The number of carboxylic acid groups (broad SMARTS) is 1. The third-order valence-corrected chi connectivity index (χ3v) is 2.93. The Hall–Kier alpha value is -2.01. The molecule has 2 N–H and O–H groups in total. The Morgan fingerprint density at radius 2 is 2.30 bits per heavy atom. The molecule has 0 spiro atoms. The monoisotopic (exact) mass is 278 g/mol. The van der Waals surface area contributed by atoms with Crippen LogP contribution < -0.4 is 15.0 Å². The number of rotatable bonds is 9. The van der Waals surface area contributed by atoms with Gasteiger partial charge in [-0.05, 0) is 17.7 Å². The highest BCUT2D eigenvalue weighted by molar-refractivity contribution is 5.68. The van der Waals surface area contributed by atoms with E-state index >= 15 is 0 Å². The molecule has 0 fully saturated rings. The van der Waals surface area contributed by atoms with E-state index in [2.05, 4.69) is 11.9 Å². The third-order valence-electron chi connectivity index (χ3n) is 2.93. The van der Waals surface area contributed by atoms with E-state index in [1.807, 2.05) is 36.2 Å². The van der Waals surface area contributed by atoms with E-state index in [-0.39, 0.29) is 6.42 Å². The van der Waals surface area contributed by atoms with Gasteiger partial charge in [0.15, 0.2) is 0 Å². The first kappa shape index (κ1) is 16.0. The molecule has 0 heterocycles. The molecule has 0 saturated heterocycles. The van der Waals surface area contributed by atoms with Gasteiger partial charge < -0.3 is 20.1 Å². The molecule has 0 radical (unpaired) electrons. The van der Waals surface area contributed by atoms with Crippen LogP contribution in [0.5, 0.6) is 5.75 Å². The van der Waals surface area contributed by atoms with Gasteiger partial charge in [0.1, 0.15) is 5.75 Å². The molecule has 5 heteroatoms. The maximum Gasteiger partial charge on any atom is 0.305 e. The Kier molecular flexibility index (Phi) is 6.59. The van der Waals surface area contributed by atoms with Crippen molar-refractivity contribution < 1.29 is 14.6 Å². The van der Waals surface area contributed by atoms with Crippen molar-refractivity contribution in [2.45, 2.75) is 13.0 Å². The molecule has 1 aromatic carbocycles. The summed E-state index contributed by atoms with van der Waals surface area (Å²) in [5.74, 6) is -0.0585. The van der Waals surface area contributed by atoms with Crippen LogP contribution in [0.25, 0.3) is 0 Å². The highest BCUT2D eigenvalue weighted by Gasteiger charge is 2.10. The van der Waals surface area contributed by atoms with E-state index in [4.69, 9.17) is 9.84 Å². The number of methoxy groups -OCH3 is 1. The van der Waals surface area contributed by atoms with Crippen molar-refractivity contribution >= 4 is 11.7 Å². The minimum atomic E-state index is -0.805. The molecule has 0 aliphatic carbocycles. The van der Waals surface area contributed by atoms with Gasteiger partial charge in [0.2, 0.25) is 0 Å². The molecule has 1 aromatic rings. The quantitative estimate of drug-likeness (QED) is 0.533. The summed E-state index contributed by atoms with van der Waals surface area (Å²) in [6, 6.07) is 5.92. The van der Waals surface area contributed by atoms with E-state index in [0.717, 1.165) is 30.1 Å². The van der Waals surface area contributed by atoms with Crippen molar-refractivity contribution in [3.63, 3.8) is 0 Å². The van der Waals surface area contributed by atoms with Crippen molar-refractivity contribution in [2.24, 2.45) is 0 Å². The fourth-order valence-corrected chi connectivity index (χ4v) is 1.85. The SMILES string of the molecule is C=CCNCc1ccc(N(C)CCC(=O)O)c(OC)c1. The molecule has 110 valence electrons. The summed E-state index contributed by atoms with van der Waals surface area (Å²) >= 11 is 0. The Balaban J connectivity index is 2.76. The number of aliphatic carboxylic acids is 1. The van der Waals surface area contributed by atoms with Gasteiger partial charge in [0.25, 0.3) is 0 Å². The molecule has 20 heavy (non-hydrogen) atoms. The smallest absolute Gasteiger partial charge is 0.305 e. The van der Waals surface area contributed by atoms with Crippen LogP contribution in [-0.2, 0) is 11.3 Å². The predicted octanol–water partition coefficient (Wildman–Crippen LogP) is 1.88. The van der Waals surface area contributed by atoms with Gasteiger partial charge in [-0.2, -0.15) is 0 Å². The van der Waals surface area contributed by atoms with Crippen molar-refractivity contribution in [1.82, 2.24) is 5.32 Å². The molecule has 1 rings (SSSR count). The third kappa shape index (κ3) is 4.93. The van der Waals surface area contributed by atoms with E-state index < -0.39 is 5.97 Å². The molecular weight excluding hydrogens is 256 g/mol. The Bertz CT molecular complexity index is 460. The predicted molar refractivity (Wildman–Crippen MR) is 80.4 cm³/mol. The zero-order chi connectivity index (χ0) is 15.0. The van der Waals surface area contributed by atoms with Crippen LogP contribution in [0.1, 0.15) is 12.0 Å². The first-order chi connectivity index (χ1) is 9.58. The number of carbonyl (C=O) groups is 1. The van der Waals surface area contributed by atoms with Crippen molar-refractivity contribution in [1.29, 1.82) is 0 Å². The zero-order valence-corrected chi connectivity index (χ0v) is 12.1. The van der Waals surface area contributed by atoms with Crippen molar-refractivity contribution in [3.8, 4) is 5.75 Å². The van der Waals surface area contributed by atoms with Gasteiger partial charge in [-0.15, -0.1) is 6.58 Å². The van der Waals surface area contributed by atoms with E-state index in [0.29, 0.717) is 6.54 Å². The lowest BCUT2D eigenvalue weighted by atomic mass is 10.1. The van der Waals surface area contributed by atoms with Crippen LogP contribution in [0.2, 0.25) is 0 Å². The van der Waals surface area contributed by atoms with Crippen molar-refractivity contribution in [2.75, 3.05) is 32.1 Å². The van der Waals surface area contributed by atoms with Gasteiger partial charge in [-0.25, -0.2) is 0 Å². The summed E-state index contributed by atoms with van der Waals surface area (Å²) in [6.45, 7) is 5.59. The highest BCUT2D eigenvalue weighted by Crippen LogP contribution is 2.28. The first-order valence-electron chi connectivity index (χ1n) is 6.50. The number of nitrogens with one attached hydrogen (secondary N) is 1. The second-order valence-corrected chi connectivity index (χ2v) is 4.49. The van der Waals surface area contributed by atoms with Gasteiger partial charge in [-0.1, -0.05) is 12.1 Å². The summed E-state index contributed by atoms with van der Waals surface area (Å²) < 4.78 is 5.38. The first-order valence-corrected chi connectivity index (χ1v) is 6.50. The number of ether oxygens (including phenoxy) is 1. The summed E-state index contributed by atoms with van der Waals surface area (Å²) in [6.07, 6.45) is 1.91. The highest BCUT2D eigenvalue weighted by atomic mass is 16.5. The van der Waals surface area contributed by atoms with Crippen LogP contribution in [0, 0.1) is 0 Å². The number of nitrogens with zero attached hydrogens (tertiary/aromatic N) is 1. The van der Waals surface area contributed by atoms with E-state index in [1.165, 1.54) is 0 Å². The van der Waals surface area contributed by atoms with Crippen LogP contribution in [0.3, 0.4) is 0 Å². The van der Waals surface area contributed by atoms with Gasteiger partial charge in [-0.3, -0.25) is 4.79 Å². The average molecular weight is 278 g/mol. The maximum atomic E-state index is 10.6. The van der Waals surface area contributed by atoms with Crippen LogP contribution in [-0.4, -0.2) is 38.3 Å². The van der Waals surface area contributed by atoms with Crippen LogP contribution >= 0.6 is 0 Å². The molecule has 0 aliphatic rings. The number of hydrogen-bond acceptors (Lipinski definition) is 4. The fourth-order valence-electron chi connectivity index (χ4n) is 1.85. The molecule has 0 atom stereocenters. The molecule has 0 bridgehead atoms. The number of carboxylic acids is 1. The molecule has 0 unspecified atom stereocenters. The molecule has 0 aliphatic heterocycles. The Morgan fingerprint density at radius 1 is 1.55 bits per heavy atom. The standard InChI is InChI=1S/C15H22N2O3/c1-4-8-16-11-12-5-6-13(14(10-12)20-3)17(2)9-7-15(18)19/h4-6,10,16H,1,7-9,11H2,2-3H3,(H,18,19). The Labute approximate surface area is 119 Å². The van der Waals surface area contributed by atoms with E-state index in [1.54, 1.807) is 7.11 Å². The second kappa shape index (κ2) is 8.22. The summed E-state index contributed by atoms with van der Waals surface area (Å²) in [4.78, 5) is 12.5. The second-order valence-electron chi connectivity index (χ2n) is 4.49. The average Bonchev–Trinajstić information content (AvgIpc) is 2.44. The Morgan fingerprint density at radius 3 is 2.90 bits per heavy atom. The zero-order valence-electron chi connectivity index (χ0n) is 12.1. The van der Waals surface area contributed by atoms with Crippen molar-refractivity contribution in [3.05, 3.63) is 36.4 Å². The summed E-state index contributed by atoms with van der Waals surface area (Å²) in [7, 11) is 3.47. The van der Waals surface area contributed by atoms with Crippen LogP contribution in [0.4, 0.5) is 5.69 Å². The number of hydrogen-bond donors (Lipinski definition) is 2. The summed E-state index contributed by atoms with van der Waals surface area (Å²) in [5.41, 5.74) is 2.00. The lowest BCUT2D eigenvalue weighted by Crippen LogP contribution is -2.21. The van der Waals surface area contributed by atoms with Gasteiger partial charge >= 0.3 is 5.97 Å². The summed E-state index contributed by atoms with van der Waals surface area (Å²) in [5, 5.41) is 12.0. The molecule has 0 amide bonds. The molecule has 0 aromatic heterocycles. The maximum absolute atomic E-state index is 10.6. The minimum Gasteiger partial charge on any atom is -0.495 e. The van der Waals surface area contributed by atoms with E-state index in [9.17, 15) is 4.79 Å². The molecular formula is C15H22N2O3. The number of benzene rings is 1.